The van der Waals surface area contributed by atoms with Gasteiger partial charge in [-0.3, -0.25) is 4.79 Å². The van der Waals surface area contributed by atoms with Crippen LogP contribution in [0.4, 0.5) is 10.5 Å². The molecule has 0 aliphatic carbocycles. The van der Waals surface area contributed by atoms with Crippen LogP contribution in [0.2, 0.25) is 0 Å². The number of hydrogen-bond donors (Lipinski definition) is 2. The van der Waals surface area contributed by atoms with Gasteiger partial charge in [-0.05, 0) is 37.5 Å². The standard InChI is InChI=1S/C22H27N3O3/c1-17-16-23-21(26)12-13-25(17)22(27)24-19-10-5-11-20(15-19)28-14-6-9-18-7-3-2-4-8-18/h2-5,7-8,10-11,15,17H,6,9,12-14,16H2,1H3,(H,23,26)(H,24,27). The minimum absolute atomic E-state index is 0.0203. The van der Waals surface area contributed by atoms with Gasteiger partial charge in [0.1, 0.15) is 5.75 Å². The molecular weight excluding hydrogens is 354 g/mol. The van der Waals surface area contributed by atoms with Crippen LogP contribution in [0.1, 0.15) is 25.3 Å². The van der Waals surface area contributed by atoms with Crippen molar-refractivity contribution in [2.24, 2.45) is 0 Å². The lowest BCUT2D eigenvalue weighted by Gasteiger charge is -2.26. The molecule has 3 rings (SSSR count). The maximum atomic E-state index is 12.6. The van der Waals surface area contributed by atoms with E-state index in [1.807, 2.05) is 49.4 Å². The van der Waals surface area contributed by atoms with Crippen LogP contribution in [0, 0.1) is 0 Å². The lowest BCUT2D eigenvalue weighted by atomic mass is 10.1. The van der Waals surface area contributed by atoms with Gasteiger partial charge in [0.05, 0.1) is 6.61 Å². The van der Waals surface area contributed by atoms with Gasteiger partial charge < -0.3 is 20.3 Å². The van der Waals surface area contributed by atoms with E-state index in [2.05, 4.69) is 22.8 Å². The molecule has 0 aromatic heterocycles. The molecule has 2 aromatic carbocycles. The van der Waals surface area contributed by atoms with Crippen molar-refractivity contribution >= 4 is 17.6 Å². The van der Waals surface area contributed by atoms with Gasteiger partial charge in [0.2, 0.25) is 5.91 Å². The molecule has 28 heavy (non-hydrogen) atoms. The highest BCUT2D eigenvalue weighted by atomic mass is 16.5. The SMILES string of the molecule is CC1CNC(=O)CCN1C(=O)Nc1cccc(OCCCc2ccccc2)c1. The van der Waals surface area contributed by atoms with Crippen LogP contribution in [-0.2, 0) is 11.2 Å². The van der Waals surface area contributed by atoms with Crippen molar-refractivity contribution in [3.8, 4) is 5.75 Å². The molecule has 0 saturated carbocycles. The Bertz CT molecular complexity index is 795. The summed E-state index contributed by atoms with van der Waals surface area (Å²) in [6.07, 6.45) is 2.21. The van der Waals surface area contributed by atoms with Crippen molar-refractivity contribution in [3.05, 3.63) is 60.2 Å². The van der Waals surface area contributed by atoms with Crippen molar-refractivity contribution in [3.63, 3.8) is 0 Å². The maximum absolute atomic E-state index is 12.6. The normalized spacial score (nSPS) is 16.8. The average molecular weight is 381 g/mol. The molecule has 1 aliphatic rings. The summed E-state index contributed by atoms with van der Waals surface area (Å²) in [6.45, 7) is 3.42. The van der Waals surface area contributed by atoms with Crippen molar-refractivity contribution in [2.75, 3.05) is 25.0 Å². The number of ether oxygens (including phenoxy) is 1. The van der Waals surface area contributed by atoms with Crippen molar-refractivity contribution < 1.29 is 14.3 Å². The summed E-state index contributed by atoms with van der Waals surface area (Å²) in [6, 6.07) is 17.5. The van der Waals surface area contributed by atoms with Crippen LogP contribution < -0.4 is 15.4 Å². The number of anilines is 1. The Morgan fingerprint density at radius 2 is 2.04 bits per heavy atom. The van der Waals surface area contributed by atoms with Gasteiger partial charge in [0.15, 0.2) is 0 Å². The van der Waals surface area contributed by atoms with Gasteiger partial charge in [-0.1, -0.05) is 36.4 Å². The number of hydrogen-bond acceptors (Lipinski definition) is 3. The molecule has 6 nitrogen and oxygen atoms in total. The zero-order valence-corrected chi connectivity index (χ0v) is 16.2. The molecule has 6 heteroatoms. The fourth-order valence-electron chi connectivity index (χ4n) is 3.17. The maximum Gasteiger partial charge on any atom is 0.322 e. The molecular formula is C22H27N3O3. The summed E-state index contributed by atoms with van der Waals surface area (Å²) >= 11 is 0. The van der Waals surface area contributed by atoms with Gasteiger partial charge in [-0.2, -0.15) is 0 Å². The molecule has 0 spiro atoms. The van der Waals surface area contributed by atoms with Gasteiger partial charge >= 0.3 is 6.03 Å². The van der Waals surface area contributed by atoms with Crippen LogP contribution in [0.25, 0.3) is 0 Å². The van der Waals surface area contributed by atoms with Crippen molar-refractivity contribution in [1.82, 2.24) is 10.2 Å². The number of benzene rings is 2. The summed E-state index contributed by atoms with van der Waals surface area (Å²) in [5.41, 5.74) is 1.98. The highest BCUT2D eigenvalue weighted by molar-refractivity contribution is 5.90. The molecule has 1 fully saturated rings. The van der Waals surface area contributed by atoms with E-state index in [1.54, 1.807) is 4.90 Å². The highest BCUT2D eigenvalue weighted by Gasteiger charge is 2.24. The zero-order chi connectivity index (χ0) is 19.8. The molecule has 1 saturated heterocycles. The number of amides is 3. The fourth-order valence-corrected chi connectivity index (χ4v) is 3.17. The first kappa shape index (κ1) is 19.7. The van der Waals surface area contributed by atoms with E-state index in [1.165, 1.54) is 5.56 Å². The number of rotatable bonds is 6. The van der Waals surface area contributed by atoms with Crippen LogP contribution in [0.3, 0.4) is 0 Å². The Labute approximate surface area is 165 Å². The molecule has 0 radical (unpaired) electrons. The van der Waals surface area contributed by atoms with Crippen LogP contribution in [0.15, 0.2) is 54.6 Å². The Hall–Kier alpha value is -3.02. The lowest BCUT2D eigenvalue weighted by Crippen LogP contribution is -2.44. The number of carbonyl (C=O) groups is 2. The molecule has 1 aliphatic heterocycles. The van der Waals surface area contributed by atoms with E-state index >= 15 is 0 Å². The van der Waals surface area contributed by atoms with E-state index < -0.39 is 0 Å². The number of aryl methyl sites for hydroxylation is 1. The monoisotopic (exact) mass is 381 g/mol. The molecule has 148 valence electrons. The van der Waals surface area contributed by atoms with Crippen LogP contribution in [-0.4, -0.2) is 42.6 Å². The molecule has 1 unspecified atom stereocenters. The highest BCUT2D eigenvalue weighted by Crippen LogP contribution is 2.19. The van der Waals surface area contributed by atoms with Gasteiger partial charge in [-0.15, -0.1) is 0 Å². The average Bonchev–Trinajstić information content (AvgIpc) is 2.87. The van der Waals surface area contributed by atoms with Crippen molar-refractivity contribution in [1.29, 1.82) is 0 Å². The van der Waals surface area contributed by atoms with E-state index in [-0.39, 0.29) is 18.0 Å². The predicted molar refractivity (Wildman–Crippen MR) is 110 cm³/mol. The second-order valence-corrected chi connectivity index (χ2v) is 6.99. The minimum Gasteiger partial charge on any atom is -0.494 e. The quantitative estimate of drug-likeness (QED) is 0.753. The first-order valence-corrected chi connectivity index (χ1v) is 9.73. The smallest absolute Gasteiger partial charge is 0.322 e. The molecule has 2 N–H and O–H groups in total. The summed E-state index contributed by atoms with van der Waals surface area (Å²) in [5.74, 6) is 0.708. The topological polar surface area (TPSA) is 70.7 Å². The Morgan fingerprint density at radius 1 is 1.21 bits per heavy atom. The largest absolute Gasteiger partial charge is 0.494 e. The van der Waals surface area contributed by atoms with E-state index in [0.717, 1.165) is 18.6 Å². The molecule has 1 atom stereocenters. The molecule has 1 heterocycles. The minimum atomic E-state index is -0.203. The third-order valence-corrected chi connectivity index (χ3v) is 4.77. The second kappa shape index (κ2) is 9.78. The second-order valence-electron chi connectivity index (χ2n) is 6.99. The van der Waals surface area contributed by atoms with E-state index in [0.29, 0.717) is 31.8 Å². The summed E-state index contributed by atoms with van der Waals surface area (Å²) in [4.78, 5) is 25.8. The molecule has 0 bridgehead atoms. The first-order chi connectivity index (χ1) is 13.6. The Kier molecular flexibility index (Phi) is 6.89. The number of nitrogens with zero attached hydrogens (tertiary/aromatic N) is 1. The number of urea groups is 1. The van der Waals surface area contributed by atoms with Crippen LogP contribution >= 0.6 is 0 Å². The third-order valence-electron chi connectivity index (χ3n) is 4.77. The van der Waals surface area contributed by atoms with E-state index in [4.69, 9.17) is 4.74 Å². The predicted octanol–water partition coefficient (Wildman–Crippen LogP) is 3.44. The molecule has 3 amide bonds. The summed E-state index contributed by atoms with van der Waals surface area (Å²) in [5, 5.41) is 5.72. The number of nitrogens with one attached hydrogen (secondary N) is 2. The fraction of sp³-hybridized carbons (Fsp3) is 0.364. The number of carbonyl (C=O) groups excluding carboxylic acids is 2. The zero-order valence-electron chi connectivity index (χ0n) is 16.2. The Balaban J connectivity index is 1.49. The van der Waals surface area contributed by atoms with Crippen LogP contribution in [0.5, 0.6) is 5.75 Å². The lowest BCUT2D eigenvalue weighted by molar-refractivity contribution is -0.120. The molecule has 2 aromatic rings. The summed E-state index contributed by atoms with van der Waals surface area (Å²) < 4.78 is 5.83. The first-order valence-electron chi connectivity index (χ1n) is 9.73. The Morgan fingerprint density at radius 3 is 2.86 bits per heavy atom. The van der Waals surface area contributed by atoms with Gasteiger partial charge in [-0.25, -0.2) is 4.79 Å². The third kappa shape index (κ3) is 5.74. The van der Waals surface area contributed by atoms with E-state index in [9.17, 15) is 9.59 Å². The van der Waals surface area contributed by atoms with Gasteiger partial charge in [0, 0.05) is 37.3 Å². The van der Waals surface area contributed by atoms with Gasteiger partial charge in [0.25, 0.3) is 0 Å². The van der Waals surface area contributed by atoms with Crippen molar-refractivity contribution in [2.45, 2.75) is 32.2 Å². The summed E-state index contributed by atoms with van der Waals surface area (Å²) in [7, 11) is 0.